The third-order valence-corrected chi connectivity index (χ3v) is 2.33. The molecule has 1 saturated heterocycles. The van der Waals surface area contributed by atoms with Crippen LogP contribution < -0.4 is 0 Å². The second kappa shape index (κ2) is 3.74. The first kappa shape index (κ1) is 9.30. The fraction of sp³-hybridized carbons (Fsp3) is 0.750. The van der Waals surface area contributed by atoms with Crippen molar-refractivity contribution in [2.45, 2.75) is 11.0 Å². The Bertz CT molecular complexity index is 169. The summed E-state index contributed by atoms with van der Waals surface area (Å²) in [6.07, 6.45) is 5.15. The van der Waals surface area contributed by atoms with Crippen LogP contribution >= 0.6 is 22.6 Å². The van der Waals surface area contributed by atoms with Crippen LogP contribution in [0.5, 0.6) is 0 Å². The second-order valence-electron chi connectivity index (χ2n) is 3.10. The summed E-state index contributed by atoms with van der Waals surface area (Å²) in [7, 11) is 0. The van der Waals surface area contributed by atoms with Crippen LogP contribution in [0.25, 0.3) is 0 Å². The Morgan fingerprint density at radius 2 is 2.45 bits per heavy atom. The lowest BCUT2D eigenvalue weighted by Crippen LogP contribution is -2.43. The molecule has 1 fully saturated rings. The van der Waals surface area contributed by atoms with Crippen molar-refractivity contribution in [3.05, 3.63) is 0 Å². The summed E-state index contributed by atoms with van der Waals surface area (Å²) in [6.45, 7) is 4.42. The number of rotatable bonds is 3. The lowest BCUT2D eigenvalue weighted by molar-refractivity contribution is -0.136. The zero-order valence-corrected chi connectivity index (χ0v) is 8.63. The van der Waals surface area contributed by atoms with E-state index in [1.165, 1.54) is 0 Å². The van der Waals surface area contributed by atoms with Gasteiger partial charge in [-0.05, 0) is 22.6 Å². The monoisotopic (exact) mass is 266 g/mol. The molecule has 0 aromatic carbocycles. The van der Waals surface area contributed by atoms with Crippen molar-refractivity contribution in [2.75, 3.05) is 19.8 Å². The van der Waals surface area contributed by atoms with Crippen molar-refractivity contribution in [1.29, 1.82) is 0 Å². The van der Waals surface area contributed by atoms with Crippen molar-refractivity contribution in [2.24, 2.45) is 5.41 Å². The van der Waals surface area contributed by atoms with E-state index in [0.717, 1.165) is 13.2 Å². The highest BCUT2D eigenvalue weighted by atomic mass is 127. The minimum Gasteiger partial charge on any atom is -0.380 e. The van der Waals surface area contributed by atoms with Crippen molar-refractivity contribution in [3.63, 3.8) is 0 Å². The summed E-state index contributed by atoms with van der Waals surface area (Å²) in [5, 5.41) is 0. The van der Waals surface area contributed by atoms with Crippen LogP contribution in [0.3, 0.4) is 0 Å². The van der Waals surface area contributed by atoms with Gasteiger partial charge in [0.25, 0.3) is 0 Å². The van der Waals surface area contributed by atoms with Gasteiger partial charge in [-0.25, -0.2) is 0 Å². The number of ether oxygens (including phenoxy) is 2. The van der Waals surface area contributed by atoms with Crippen molar-refractivity contribution < 1.29 is 9.47 Å². The first-order chi connectivity index (χ1) is 5.16. The largest absolute Gasteiger partial charge is 0.380 e. The zero-order chi connectivity index (χ0) is 8.32. The predicted molar refractivity (Wildman–Crippen MR) is 51.5 cm³/mol. The second-order valence-corrected chi connectivity index (χ2v) is 4.23. The van der Waals surface area contributed by atoms with Crippen LogP contribution in [-0.4, -0.2) is 23.9 Å². The van der Waals surface area contributed by atoms with Gasteiger partial charge in [-0.2, -0.15) is 0 Å². The fourth-order valence-electron chi connectivity index (χ4n) is 0.856. The molecule has 3 heteroatoms. The Balaban J connectivity index is 2.17. The smallest absolute Gasteiger partial charge is 0.169 e. The van der Waals surface area contributed by atoms with Gasteiger partial charge >= 0.3 is 0 Å². The van der Waals surface area contributed by atoms with Crippen molar-refractivity contribution >= 4 is 22.6 Å². The Labute approximate surface area is 80.8 Å². The molecule has 0 saturated carbocycles. The SMILES string of the molecule is C#CC(I)OCC1(C)COC1. The molecule has 11 heavy (non-hydrogen) atoms. The Kier molecular flexibility index (Phi) is 3.16. The van der Waals surface area contributed by atoms with Crippen LogP contribution in [0.1, 0.15) is 6.92 Å². The number of alkyl halides is 1. The topological polar surface area (TPSA) is 18.5 Å². The van der Waals surface area contributed by atoms with Gasteiger partial charge in [-0.1, -0.05) is 12.8 Å². The number of terminal acetylenes is 1. The first-order valence-corrected chi connectivity index (χ1v) is 4.70. The molecular formula is C8H11IO2. The van der Waals surface area contributed by atoms with Gasteiger partial charge in [0.15, 0.2) is 4.11 Å². The van der Waals surface area contributed by atoms with Crippen LogP contribution in [0.4, 0.5) is 0 Å². The lowest BCUT2D eigenvalue weighted by atomic mass is 9.90. The first-order valence-electron chi connectivity index (χ1n) is 3.46. The van der Waals surface area contributed by atoms with E-state index in [9.17, 15) is 0 Å². The molecule has 2 nitrogen and oxygen atoms in total. The van der Waals surface area contributed by atoms with Gasteiger partial charge in [0.1, 0.15) is 0 Å². The normalized spacial score (nSPS) is 23.4. The zero-order valence-electron chi connectivity index (χ0n) is 6.47. The van der Waals surface area contributed by atoms with Crippen molar-refractivity contribution in [1.82, 2.24) is 0 Å². The molecule has 1 aliphatic rings. The summed E-state index contributed by atoms with van der Waals surface area (Å²) < 4.78 is 10.3. The molecule has 0 aromatic heterocycles. The number of halogens is 1. The maximum Gasteiger partial charge on any atom is 0.169 e. The van der Waals surface area contributed by atoms with Crippen LogP contribution in [0.15, 0.2) is 0 Å². The van der Waals surface area contributed by atoms with Crippen molar-refractivity contribution in [3.8, 4) is 12.3 Å². The van der Waals surface area contributed by atoms with Crippen LogP contribution in [-0.2, 0) is 9.47 Å². The number of hydrogen-bond donors (Lipinski definition) is 0. The summed E-state index contributed by atoms with van der Waals surface area (Å²) in [5.74, 6) is 2.51. The molecule has 1 unspecified atom stereocenters. The van der Waals surface area contributed by atoms with E-state index < -0.39 is 0 Å². The van der Waals surface area contributed by atoms with E-state index in [4.69, 9.17) is 15.9 Å². The molecule has 1 aliphatic heterocycles. The Morgan fingerprint density at radius 3 is 2.82 bits per heavy atom. The molecule has 1 heterocycles. The molecule has 62 valence electrons. The van der Waals surface area contributed by atoms with E-state index in [0.29, 0.717) is 6.61 Å². The maximum atomic E-state index is 5.37. The third kappa shape index (κ3) is 2.62. The summed E-state index contributed by atoms with van der Waals surface area (Å²) in [4.78, 5) is 0. The predicted octanol–water partition coefficient (Wildman–Crippen LogP) is 1.43. The highest BCUT2D eigenvalue weighted by Gasteiger charge is 2.33. The summed E-state index contributed by atoms with van der Waals surface area (Å²) in [6, 6.07) is 0. The van der Waals surface area contributed by atoms with Gasteiger partial charge in [-0.15, -0.1) is 6.42 Å². The molecular weight excluding hydrogens is 255 g/mol. The van der Waals surface area contributed by atoms with E-state index >= 15 is 0 Å². The van der Waals surface area contributed by atoms with E-state index in [1.807, 2.05) is 0 Å². The molecule has 0 amide bonds. The van der Waals surface area contributed by atoms with Gasteiger partial charge < -0.3 is 9.47 Å². The molecule has 1 atom stereocenters. The fourth-order valence-corrected chi connectivity index (χ4v) is 1.04. The van der Waals surface area contributed by atoms with Crippen LogP contribution in [0, 0.1) is 17.8 Å². The lowest BCUT2D eigenvalue weighted by Gasteiger charge is -2.37. The average Bonchev–Trinajstić information content (AvgIpc) is 1.96. The standard InChI is InChI=1S/C8H11IO2/c1-3-7(9)11-6-8(2)4-10-5-8/h1,7H,4-6H2,2H3. The van der Waals surface area contributed by atoms with E-state index in [-0.39, 0.29) is 9.53 Å². The van der Waals surface area contributed by atoms with Crippen LogP contribution in [0.2, 0.25) is 0 Å². The molecule has 0 aromatic rings. The highest BCUT2D eigenvalue weighted by Crippen LogP contribution is 2.27. The average molecular weight is 266 g/mol. The van der Waals surface area contributed by atoms with Gasteiger partial charge in [0.2, 0.25) is 0 Å². The minimum atomic E-state index is -0.106. The Hall–Kier alpha value is 0.210. The van der Waals surface area contributed by atoms with E-state index in [2.05, 4.69) is 35.4 Å². The molecule has 1 rings (SSSR count). The van der Waals surface area contributed by atoms with E-state index in [1.54, 1.807) is 0 Å². The summed E-state index contributed by atoms with van der Waals surface area (Å²) >= 11 is 2.09. The van der Waals surface area contributed by atoms with Gasteiger partial charge in [0.05, 0.1) is 19.8 Å². The molecule has 0 N–H and O–H groups in total. The third-order valence-electron chi connectivity index (χ3n) is 1.61. The number of hydrogen-bond acceptors (Lipinski definition) is 2. The highest BCUT2D eigenvalue weighted by molar-refractivity contribution is 14.1. The molecule has 0 spiro atoms. The summed E-state index contributed by atoms with van der Waals surface area (Å²) in [5.41, 5.74) is 0.209. The van der Waals surface area contributed by atoms with Gasteiger partial charge in [0, 0.05) is 5.41 Å². The maximum absolute atomic E-state index is 5.37. The Morgan fingerprint density at radius 1 is 1.82 bits per heavy atom. The minimum absolute atomic E-state index is 0.106. The molecule has 0 aliphatic carbocycles. The molecule has 0 bridgehead atoms. The molecule has 0 radical (unpaired) electrons. The van der Waals surface area contributed by atoms with Gasteiger partial charge in [-0.3, -0.25) is 0 Å². The quantitative estimate of drug-likeness (QED) is 0.437.